The molecule has 1 heterocycles. The molecule has 1 atom stereocenters. The van der Waals surface area contributed by atoms with Crippen LogP contribution in [0.2, 0.25) is 5.02 Å². The van der Waals surface area contributed by atoms with Gasteiger partial charge in [0.15, 0.2) is 5.16 Å². The van der Waals surface area contributed by atoms with Crippen molar-refractivity contribution in [2.24, 2.45) is 0 Å². The number of nitro groups is 1. The third-order valence-electron chi connectivity index (χ3n) is 5.07. The van der Waals surface area contributed by atoms with E-state index in [1.807, 2.05) is 31.2 Å². The van der Waals surface area contributed by atoms with Crippen LogP contribution in [0.15, 0.2) is 76.7 Å². The van der Waals surface area contributed by atoms with E-state index in [0.29, 0.717) is 21.7 Å². The fourth-order valence-electron chi connectivity index (χ4n) is 3.35. The lowest BCUT2D eigenvalue weighted by Crippen LogP contribution is -2.26. The molecule has 10 heteroatoms. The van der Waals surface area contributed by atoms with Crippen molar-refractivity contribution < 1.29 is 9.72 Å². The van der Waals surface area contributed by atoms with E-state index in [2.05, 4.69) is 10.3 Å². The van der Waals surface area contributed by atoms with Crippen LogP contribution in [0.5, 0.6) is 0 Å². The summed E-state index contributed by atoms with van der Waals surface area (Å²) < 4.78 is 1.49. The number of carbonyl (C=O) groups is 1. The average Bonchev–Trinajstić information content (AvgIpc) is 2.80. The van der Waals surface area contributed by atoms with Crippen LogP contribution in [0.3, 0.4) is 0 Å². The van der Waals surface area contributed by atoms with Crippen molar-refractivity contribution in [3.63, 3.8) is 0 Å². The van der Waals surface area contributed by atoms with E-state index in [0.717, 1.165) is 17.3 Å². The number of benzene rings is 3. The molecule has 34 heavy (non-hydrogen) atoms. The number of aromatic nitrogens is 2. The highest BCUT2D eigenvalue weighted by molar-refractivity contribution is 8.00. The second-order valence-electron chi connectivity index (χ2n) is 7.56. The highest BCUT2D eigenvalue weighted by Gasteiger charge is 2.22. The van der Waals surface area contributed by atoms with Gasteiger partial charge in [0.1, 0.15) is 0 Å². The van der Waals surface area contributed by atoms with Crippen LogP contribution >= 0.6 is 23.4 Å². The van der Waals surface area contributed by atoms with Gasteiger partial charge in [-0.05, 0) is 49.7 Å². The van der Waals surface area contributed by atoms with Crippen LogP contribution in [0.25, 0.3) is 16.6 Å². The lowest BCUT2D eigenvalue weighted by atomic mass is 10.2. The molecule has 1 amide bonds. The summed E-state index contributed by atoms with van der Waals surface area (Å²) in [6.45, 7) is 3.59. The van der Waals surface area contributed by atoms with Gasteiger partial charge in [-0.25, -0.2) is 4.98 Å². The second-order valence-corrected chi connectivity index (χ2v) is 9.28. The zero-order valence-corrected chi connectivity index (χ0v) is 19.8. The minimum atomic E-state index is -0.695. The first-order valence-corrected chi connectivity index (χ1v) is 11.5. The lowest BCUT2D eigenvalue weighted by molar-refractivity contribution is -0.384. The van der Waals surface area contributed by atoms with E-state index < -0.39 is 16.1 Å². The lowest BCUT2D eigenvalue weighted by Gasteiger charge is -2.17. The summed E-state index contributed by atoms with van der Waals surface area (Å²) in [5.41, 5.74) is 1.83. The minimum absolute atomic E-state index is 0.135. The maximum Gasteiger partial charge on any atom is 0.271 e. The number of carbonyl (C=O) groups excluding carboxylic acids is 1. The number of hydrogen-bond acceptors (Lipinski definition) is 6. The van der Waals surface area contributed by atoms with Gasteiger partial charge >= 0.3 is 0 Å². The van der Waals surface area contributed by atoms with Crippen LogP contribution in [-0.2, 0) is 4.79 Å². The minimum Gasteiger partial charge on any atom is -0.324 e. The quantitative estimate of drug-likeness (QED) is 0.167. The van der Waals surface area contributed by atoms with Gasteiger partial charge < -0.3 is 5.32 Å². The summed E-state index contributed by atoms with van der Waals surface area (Å²) in [5.74, 6) is -0.439. The number of nitrogens with one attached hydrogen (secondary N) is 1. The van der Waals surface area contributed by atoms with Crippen molar-refractivity contribution in [2.75, 3.05) is 5.32 Å². The van der Waals surface area contributed by atoms with Gasteiger partial charge in [0.05, 0.1) is 37.5 Å². The zero-order chi connectivity index (χ0) is 24.4. The number of nitrogens with zero attached hydrogens (tertiary/aromatic N) is 3. The summed E-state index contributed by atoms with van der Waals surface area (Å²) in [4.78, 5) is 41.5. The molecule has 0 fully saturated rings. The van der Waals surface area contributed by atoms with Gasteiger partial charge in [-0.2, -0.15) is 0 Å². The summed E-state index contributed by atoms with van der Waals surface area (Å²) in [7, 11) is 0. The topological polar surface area (TPSA) is 107 Å². The molecule has 0 radical (unpaired) electrons. The Morgan fingerprint density at radius 1 is 1.15 bits per heavy atom. The van der Waals surface area contributed by atoms with E-state index in [1.165, 1.54) is 22.8 Å². The van der Waals surface area contributed by atoms with Crippen LogP contribution in [0.4, 0.5) is 11.4 Å². The van der Waals surface area contributed by atoms with Crippen molar-refractivity contribution in [3.8, 4) is 5.69 Å². The molecule has 0 aliphatic rings. The number of fused-ring (bicyclic) bond motifs is 1. The maximum atomic E-state index is 13.4. The van der Waals surface area contributed by atoms with E-state index in [-0.39, 0.29) is 22.0 Å². The van der Waals surface area contributed by atoms with Gasteiger partial charge in [0.25, 0.3) is 11.2 Å². The van der Waals surface area contributed by atoms with Crippen LogP contribution in [-0.4, -0.2) is 25.6 Å². The molecule has 172 valence electrons. The van der Waals surface area contributed by atoms with E-state index in [1.54, 1.807) is 31.2 Å². The van der Waals surface area contributed by atoms with Gasteiger partial charge in [0.2, 0.25) is 5.91 Å². The number of halogens is 1. The molecule has 4 aromatic rings. The number of para-hydroxylation sites is 1. The number of hydrogen-bond donors (Lipinski definition) is 1. The molecule has 0 bridgehead atoms. The molecular formula is C24H19ClN4O4S. The Bertz CT molecular complexity index is 1490. The Labute approximate surface area is 203 Å². The number of anilines is 1. The smallest absolute Gasteiger partial charge is 0.271 e. The molecule has 0 spiro atoms. The standard InChI is InChI=1S/C24H19ClN4O4S/c1-14-6-5-7-16(12-14)28-23(31)18-8-3-4-9-20(18)27-24(28)34-15(2)22(30)26-21-13-17(29(32)33)10-11-19(21)25/h3-13,15H,1-2H3,(H,26,30)/t15-/m0/s1. The van der Waals surface area contributed by atoms with Crippen LogP contribution in [0, 0.1) is 17.0 Å². The fraction of sp³-hybridized carbons (Fsp3) is 0.125. The largest absolute Gasteiger partial charge is 0.324 e. The maximum absolute atomic E-state index is 13.4. The number of thioether (sulfide) groups is 1. The van der Waals surface area contributed by atoms with Crippen LogP contribution < -0.4 is 10.9 Å². The number of amides is 1. The monoisotopic (exact) mass is 494 g/mol. The molecule has 1 N–H and O–H groups in total. The second kappa shape index (κ2) is 9.66. The highest BCUT2D eigenvalue weighted by Crippen LogP contribution is 2.29. The molecule has 0 aliphatic heterocycles. The van der Waals surface area contributed by atoms with Crippen molar-refractivity contribution >= 4 is 51.5 Å². The number of nitro benzene ring substituents is 1. The normalized spacial score (nSPS) is 11.9. The number of rotatable bonds is 6. The van der Waals surface area contributed by atoms with Crippen molar-refractivity contribution in [1.29, 1.82) is 0 Å². The third-order valence-corrected chi connectivity index (χ3v) is 6.46. The fourth-order valence-corrected chi connectivity index (χ4v) is 4.45. The Balaban J connectivity index is 1.71. The molecule has 0 saturated carbocycles. The molecule has 3 aromatic carbocycles. The molecule has 0 saturated heterocycles. The summed E-state index contributed by atoms with van der Waals surface area (Å²) in [6, 6.07) is 18.3. The Morgan fingerprint density at radius 2 is 1.91 bits per heavy atom. The van der Waals surface area contributed by atoms with Gasteiger partial charge in [-0.3, -0.25) is 24.3 Å². The first kappa shape index (κ1) is 23.5. The summed E-state index contributed by atoms with van der Waals surface area (Å²) in [5, 5.41) is 14.0. The van der Waals surface area contributed by atoms with Gasteiger partial charge in [-0.15, -0.1) is 0 Å². The van der Waals surface area contributed by atoms with E-state index >= 15 is 0 Å². The SMILES string of the molecule is Cc1cccc(-n2c(S[C@@H](C)C(=O)Nc3cc([N+](=O)[O-])ccc3Cl)nc3ccccc3c2=O)c1. The Morgan fingerprint density at radius 3 is 2.65 bits per heavy atom. The summed E-state index contributed by atoms with van der Waals surface area (Å²) in [6.07, 6.45) is 0. The number of non-ortho nitro benzene ring substituents is 1. The summed E-state index contributed by atoms with van der Waals surface area (Å²) >= 11 is 7.22. The molecule has 4 rings (SSSR count). The third kappa shape index (κ3) is 4.80. The first-order valence-electron chi connectivity index (χ1n) is 10.2. The zero-order valence-electron chi connectivity index (χ0n) is 18.2. The van der Waals surface area contributed by atoms with Crippen LogP contribution in [0.1, 0.15) is 12.5 Å². The van der Waals surface area contributed by atoms with Crippen molar-refractivity contribution in [1.82, 2.24) is 9.55 Å². The number of aryl methyl sites for hydroxylation is 1. The predicted octanol–water partition coefficient (Wildman–Crippen LogP) is 5.38. The molecule has 0 unspecified atom stereocenters. The molecule has 8 nitrogen and oxygen atoms in total. The molecule has 1 aromatic heterocycles. The Kier molecular flexibility index (Phi) is 6.67. The van der Waals surface area contributed by atoms with Gasteiger partial charge in [0, 0.05) is 12.1 Å². The van der Waals surface area contributed by atoms with Gasteiger partial charge in [-0.1, -0.05) is 47.6 Å². The highest BCUT2D eigenvalue weighted by atomic mass is 35.5. The molecular weight excluding hydrogens is 476 g/mol. The first-order chi connectivity index (χ1) is 16.2. The predicted molar refractivity (Wildman–Crippen MR) is 134 cm³/mol. The van der Waals surface area contributed by atoms with Crippen molar-refractivity contribution in [3.05, 3.63) is 97.8 Å². The van der Waals surface area contributed by atoms with E-state index in [9.17, 15) is 19.7 Å². The Hall–Kier alpha value is -3.69. The van der Waals surface area contributed by atoms with Crippen molar-refractivity contribution in [2.45, 2.75) is 24.3 Å². The molecule has 0 aliphatic carbocycles. The average molecular weight is 495 g/mol. The van der Waals surface area contributed by atoms with E-state index in [4.69, 9.17) is 11.6 Å².